The molecule has 0 unspecified atom stereocenters. The molecule has 1 saturated heterocycles. The Labute approximate surface area is 86.7 Å². The van der Waals surface area contributed by atoms with Gasteiger partial charge < -0.3 is 5.32 Å². The summed E-state index contributed by atoms with van der Waals surface area (Å²) in [6.45, 7) is 2.36. The fourth-order valence-electron chi connectivity index (χ4n) is 1.68. The summed E-state index contributed by atoms with van der Waals surface area (Å²) in [6.07, 6.45) is 3.74. The molecule has 4 nitrogen and oxygen atoms in total. The predicted molar refractivity (Wildman–Crippen MR) is 57.8 cm³/mol. The second-order valence-electron chi connectivity index (χ2n) is 3.73. The van der Waals surface area contributed by atoms with E-state index in [1.165, 1.54) is 0 Å². The molecular weight excluding hydrogens is 200 g/mol. The van der Waals surface area contributed by atoms with Gasteiger partial charge in [-0.25, -0.2) is 12.7 Å². The smallest absolute Gasteiger partial charge is 0.214 e. The lowest BCUT2D eigenvalue weighted by molar-refractivity contribution is 0.475. The van der Waals surface area contributed by atoms with Crippen molar-refractivity contribution in [1.82, 2.24) is 9.62 Å². The van der Waals surface area contributed by atoms with Gasteiger partial charge in [-0.15, -0.1) is 0 Å². The molecule has 0 spiro atoms. The van der Waals surface area contributed by atoms with Crippen molar-refractivity contribution in [1.29, 1.82) is 0 Å². The van der Waals surface area contributed by atoms with Crippen LogP contribution in [-0.4, -0.2) is 45.2 Å². The average Bonchev–Trinajstić information content (AvgIpc) is 2.65. The molecule has 1 aliphatic rings. The van der Waals surface area contributed by atoms with Gasteiger partial charge in [-0.1, -0.05) is 0 Å². The van der Waals surface area contributed by atoms with Crippen LogP contribution >= 0.6 is 0 Å². The number of sulfonamides is 1. The lowest BCUT2D eigenvalue weighted by Gasteiger charge is -2.14. The van der Waals surface area contributed by atoms with E-state index in [9.17, 15) is 8.42 Å². The Balaban J connectivity index is 2.26. The number of nitrogens with zero attached hydrogens (tertiary/aromatic N) is 1. The van der Waals surface area contributed by atoms with Crippen LogP contribution in [0.4, 0.5) is 0 Å². The number of unbranched alkanes of at least 4 members (excludes halogenated alkanes) is 1. The lowest BCUT2D eigenvalue weighted by Crippen LogP contribution is -2.30. The van der Waals surface area contributed by atoms with Gasteiger partial charge in [0.1, 0.15) is 0 Å². The Kier molecular flexibility index (Phi) is 4.84. The third-order valence-electron chi connectivity index (χ3n) is 2.54. The van der Waals surface area contributed by atoms with Crippen LogP contribution in [0.5, 0.6) is 0 Å². The summed E-state index contributed by atoms with van der Waals surface area (Å²) in [5.41, 5.74) is 0. The van der Waals surface area contributed by atoms with Gasteiger partial charge in [0.15, 0.2) is 0 Å². The Bertz CT molecular complexity index is 246. The third kappa shape index (κ3) is 3.55. The van der Waals surface area contributed by atoms with E-state index in [0.29, 0.717) is 5.75 Å². The molecule has 1 aliphatic heterocycles. The molecule has 0 atom stereocenters. The Morgan fingerprint density at radius 2 is 1.86 bits per heavy atom. The van der Waals surface area contributed by atoms with Crippen molar-refractivity contribution in [2.75, 3.05) is 32.4 Å². The maximum absolute atomic E-state index is 11.7. The molecule has 84 valence electrons. The summed E-state index contributed by atoms with van der Waals surface area (Å²) in [4.78, 5) is 0. The van der Waals surface area contributed by atoms with Gasteiger partial charge in [0.2, 0.25) is 10.0 Å². The molecule has 0 radical (unpaired) electrons. The first kappa shape index (κ1) is 11.9. The quantitative estimate of drug-likeness (QED) is 0.660. The van der Waals surface area contributed by atoms with E-state index >= 15 is 0 Å². The second-order valence-corrected chi connectivity index (χ2v) is 5.82. The van der Waals surface area contributed by atoms with Crippen LogP contribution in [0, 0.1) is 0 Å². The van der Waals surface area contributed by atoms with Gasteiger partial charge in [0, 0.05) is 13.1 Å². The molecule has 0 aromatic heterocycles. The van der Waals surface area contributed by atoms with Gasteiger partial charge >= 0.3 is 0 Å². The SMILES string of the molecule is CNCCCCS(=O)(=O)N1CCCC1. The fourth-order valence-corrected chi connectivity index (χ4v) is 3.32. The summed E-state index contributed by atoms with van der Waals surface area (Å²) in [5, 5.41) is 3.02. The minimum Gasteiger partial charge on any atom is -0.320 e. The van der Waals surface area contributed by atoms with Crippen LogP contribution < -0.4 is 5.32 Å². The van der Waals surface area contributed by atoms with Crippen molar-refractivity contribution < 1.29 is 8.42 Å². The normalized spacial score (nSPS) is 18.9. The van der Waals surface area contributed by atoms with Crippen molar-refractivity contribution in [3.63, 3.8) is 0 Å². The zero-order valence-electron chi connectivity index (χ0n) is 8.83. The van der Waals surface area contributed by atoms with Crippen LogP contribution in [0.25, 0.3) is 0 Å². The van der Waals surface area contributed by atoms with Crippen molar-refractivity contribution in [3.8, 4) is 0 Å². The molecule has 0 saturated carbocycles. The third-order valence-corrected chi connectivity index (χ3v) is 4.49. The minimum atomic E-state index is -2.93. The molecule has 0 aromatic carbocycles. The van der Waals surface area contributed by atoms with Gasteiger partial charge in [0.25, 0.3) is 0 Å². The summed E-state index contributed by atoms with van der Waals surface area (Å²) in [5.74, 6) is 0.314. The van der Waals surface area contributed by atoms with Crippen molar-refractivity contribution in [3.05, 3.63) is 0 Å². The molecule has 0 amide bonds. The monoisotopic (exact) mass is 220 g/mol. The molecule has 0 bridgehead atoms. The maximum atomic E-state index is 11.7. The molecule has 5 heteroatoms. The zero-order chi connectivity index (χ0) is 10.4. The van der Waals surface area contributed by atoms with Crippen LogP contribution in [0.15, 0.2) is 0 Å². The summed E-state index contributed by atoms with van der Waals surface area (Å²) >= 11 is 0. The minimum absolute atomic E-state index is 0.314. The van der Waals surface area contributed by atoms with E-state index in [2.05, 4.69) is 5.32 Å². The number of hydrogen-bond acceptors (Lipinski definition) is 3. The topological polar surface area (TPSA) is 49.4 Å². The lowest BCUT2D eigenvalue weighted by atomic mass is 10.3. The van der Waals surface area contributed by atoms with Crippen LogP contribution in [0.1, 0.15) is 25.7 Å². The summed E-state index contributed by atoms with van der Waals surface area (Å²) in [7, 11) is -1.05. The highest BCUT2D eigenvalue weighted by molar-refractivity contribution is 7.89. The van der Waals surface area contributed by atoms with Gasteiger partial charge in [-0.05, 0) is 39.3 Å². The standard InChI is InChI=1S/C9H20N2O2S/c1-10-6-2-5-9-14(12,13)11-7-3-4-8-11/h10H,2-9H2,1H3. The van der Waals surface area contributed by atoms with Gasteiger partial charge in [-0.3, -0.25) is 0 Å². The fraction of sp³-hybridized carbons (Fsp3) is 1.00. The largest absolute Gasteiger partial charge is 0.320 e. The zero-order valence-corrected chi connectivity index (χ0v) is 9.65. The highest BCUT2D eigenvalue weighted by Gasteiger charge is 2.24. The van der Waals surface area contributed by atoms with Crippen molar-refractivity contribution >= 4 is 10.0 Å². The highest BCUT2D eigenvalue weighted by atomic mass is 32.2. The van der Waals surface area contributed by atoms with Crippen LogP contribution in [-0.2, 0) is 10.0 Å². The van der Waals surface area contributed by atoms with E-state index in [1.807, 2.05) is 7.05 Å². The molecule has 0 aromatic rings. The van der Waals surface area contributed by atoms with Crippen molar-refractivity contribution in [2.45, 2.75) is 25.7 Å². The van der Waals surface area contributed by atoms with E-state index in [-0.39, 0.29) is 0 Å². The average molecular weight is 220 g/mol. The summed E-state index contributed by atoms with van der Waals surface area (Å²) < 4.78 is 25.0. The van der Waals surface area contributed by atoms with Gasteiger partial charge in [-0.2, -0.15) is 0 Å². The molecule has 1 fully saturated rings. The molecule has 14 heavy (non-hydrogen) atoms. The number of nitrogens with one attached hydrogen (secondary N) is 1. The van der Waals surface area contributed by atoms with Crippen LogP contribution in [0.2, 0.25) is 0 Å². The Morgan fingerprint density at radius 1 is 1.21 bits per heavy atom. The number of rotatable bonds is 6. The van der Waals surface area contributed by atoms with Crippen LogP contribution in [0.3, 0.4) is 0 Å². The second kappa shape index (κ2) is 5.68. The molecule has 1 rings (SSSR count). The number of hydrogen-bond donors (Lipinski definition) is 1. The first-order valence-corrected chi connectivity index (χ1v) is 6.90. The van der Waals surface area contributed by atoms with E-state index in [4.69, 9.17) is 0 Å². The Morgan fingerprint density at radius 3 is 2.43 bits per heavy atom. The predicted octanol–water partition coefficient (Wildman–Crippen LogP) is 0.412. The molecule has 1 N–H and O–H groups in total. The Hall–Kier alpha value is -0.130. The molecule has 0 aliphatic carbocycles. The highest BCUT2D eigenvalue weighted by Crippen LogP contribution is 2.13. The molecular formula is C9H20N2O2S. The summed E-state index contributed by atoms with van der Waals surface area (Å²) in [6, 6.07) is 0. The van der Waals surface area contributed by atoms with E-state index < -0.39 is 10.0 Å². The first-order valence-electron chi connectivity index (χ1n) is 5.29. The molecule has 1 heterocycles. The first-order chi connectivity index (χ1) is 6.67. The van der Waals surface area contributed by atoms with Gasteiger partial charge in [0.05, 0.1) is 5.75 Å². The van der Waals surface area contributed by atoms with E-state index in [1.54, 1.807) is 4.31 Å². The maximum Gasteiger partial charge on any atom is 0.214 e. The van der Waals surface area contributed by atoms with E-state index in [0.717, 1.165) is 45.3 Å². The van der Waals surface area contributed by atoms with Crippen molar-refractivity contribution in [2.24, 2.45) is 0 Å².